The van der Waals surface area contributed by atoms with Gasteiger partial charge in [-0.1, -0.05) is 95.1 Å². The molecule has 0 saturated carbocycles. The number of hydrogen-bond acceptors (Lipinski definition) is 4. The second kappa shape index (κ2) is 15.0. The molecule has 6 heteroatoms. The van der Waals surface area contributed by atoms with Gasteiger partial charge in [-0.15, -0.1) is 0 Å². The molecule has 220 valence electrons. The molecule has 3 atom stereocenters. The lowest BCUT2D eigenvalue weighted by atomic mass is 9.83. The Hall–Kier alpha value is -3.15. The van der Waals surface area contributed by atoms with Gasteiger partial charge in [0.2, 0.25) is 11.8 Å². The fourth-order valence-electron chi connectivity index (χ4n) is 4.82. The van der Waals surface area contributed by atoms with E-state index in [-0.39, 0.29) is 17.8 Å². The number of unbranched alkanes of at least 4 members (excludes halogenated alkanes) is 1. The highest BCUT2D eigenvalue weighted by Gasteiger charge is 2.36. The van der Waals surface area contributed by atoms with Crippen LogP contribution in [0.3, 0.4) is 0 Å². The smallest absolute Gasteiger partial charge is 0.309 e. The summed E-state index contributed by atoms with van der Waals surface area (Å²) >= 11 is 0. The molecule has 0 aliphatic heterocycles. The van der Waals surface area contributed by atoms with Crippen molar-refractivity contribution in [3.8, 4) is 11.1 Å². The lowest BCUT2D eigenvalue weighted by Gasteiger charge is -2.32. The van der Waals surface area contributed by atoms with E-state index < -0.39 is 28.9 Å². The molecule has 0 aliphatic rings. The van der Waals surface area contributed by atoms with Gasteiger partial charge in [0.1, 0.15) is 11.6 Å². The van der Waals surface area contributed by atoms with Crippen LogP contribution in [-0.4, -0.2) is 36.5 Å². The van der Waals surface area contributed by atoms with Gasteiger partial charge in [-0.25, -0.2) is 0 Å². The third-order valence-corrected chi connectivity index (χ3v) is 7.06. The quantitative estimate of drug-likeness (QED) is 0.271. The molecule has 0 radical (unpaired) electrons. The van der Waals surface area contributed by atoms with E-state index in [9.17, 15) is 14.4 Å². The predicted molar refractivity (Wildman–Crippen MR) is 163 cm³/mol. The predicted octanol–water partition coefficient (Wildman–Crippen LogP) is 6.72. The number of aryl methyl sites for hydroxylation is 1. The van der Waals surface area contributed by atoms with E-state index in [0.29, 0.717) is 25.7 Å². The summed E-state index contributed by atoms with van der Waals surface area (Å²) in [7, 11) is 1.58. The van der Waals surface area contributed by atoms with Crippen molar-refractivity contribution in [1.29, 1.82) is 0 Å². The molecule has 0 fully saturated rings. The third kappa shape index (κ3) is 10.8. The zero-order chi connectivity index (χ0) is 29.9. The summed E-state index contributed by atoms with van der Waals surface area (Å²) in [6.07, 6.45) is 4.10. The molecule has 0 saturated heterocycles. The number of ether oxygens (including phenoxy) is 1. The summed E-state index contributed by atoms with van der Waals surface area (Å²) < 4.78 is 5.76. The first-order valence-electron chi connectivity index (χ1n) is 14.6. The van der Waals surface area contributed by atoms with Crippen molar-refractivity contribution in [1.82, 2.24) is 10.6 Å². The van der Waals surface area contributed by atoms with Crippen LogP contribution in [0.2, 0.25) is 0 Å². The molecule has 6 nitrogen and oxygen atoms in total. The van der Waals surface area contributed by atoms with Crippen molar-refractivity contribution in [2.24, 2.45) is 17.3 Å². The van der Waals surface area contributed by atoms with Gasteiger partial charge in [-0.05, 0) is 68.6 Å². The minimum atomic E-state index is -0.690. The fourth-order valence-corrected chi connectivity index (χ4v) is 4.82. The minimum Gasteiger partial charge on any atom is -0.460 e. The molecule has 0 spiro atoms. The van der Waals surface area contributed by atoms with Crippen LogP contribution in [0.1, 0.15) is 86.1 Å². The number of rotatable bonds is 13. The summed E-state index contributed by atoms with van der Waals surface area (Å²) in [5, 5.41) is 5.71. The summed E-state index contributed by atoms with van der Waals surface area (Å²) in [6.45, 7) is 13.5. The van der Waals surface area contributed by atoms with Gasteiger partial charge in [-0.3, -0.25) is 14.4 Å². The van der Waals surface area contributed by atoms with Crippen LogP contribution < -0.4 is 10.6 Å². The minimum absolute atomic E-state index is 0.201. The standard InChI is InChI=1S/C34H50N2O4/c1-9-10-16-28(32(39)40-34(5,6)7)23-27(30(37)36-29(31(38)35-8)33(2,3)4)21-20-24-15-14-19-26(22-24)25-17-12-11-13-18-25/h11-15,17-19,22,27-29H,9-10,16,20-21,23H2,1-8H3,(H,35,38)(H,36,37)/t27-,28+,29-/m1/s1. The Balaban J connectivity index is 2.34. The van der Waals surface area contributed by atoms with E-state index in [1.807, 2.05) is 65.8 Å². The molecular weight excluding hydrogens is 500 g/mol. The number of esters is 1. The Morgan fingerprint density at radius 1 is 0.825 bits per heavy atom. The third-order valence-electron chi connectivity index (χ3n) is 7.06. The highest BCUT2D eigenvalue weighted by molar-refractivity contribution is 5.89. The molecule has 2 amide bonds. The molecule has 2 aromatic rings. The molecule has 0 heterocycles. The molecule has 40 heavy (non-hydrogen) atoms. The second-order valence-corrected chi connectivity index (χ2v) is 12.8. The molecule has 0 unspecified atom stereocenters. The summed E-state index contributed by atoms with van der Waals surface area (Å²) in [5.74, 6) is -1.54. The summed E-state index contributed by atoms with van der Waals surface area (Å²) in [5.41, 5.74) is 2.31. The zero-order valence-corrected chi connectivity index (χ0v) is 25.8. The average molecular weight is 551 g/mol. The van der Waals surface area contributed by atoms with Crippen molar-refractivity contribution in [3.05, 3.63) is 60.2 Å². The van der Waals surface area contributed by atoms with Crippen LogP contribution in [0.5, 0.6) is 0 Å². The topological polar surface area (TPSA) is 84.5 Å². The van der Waals surface area contributed by atoms with Gasteiger partial charge in [0, 0.05) is 13.0 Å². The number of likely N-dealkylation sites (N-methyl/N-ethyl adjacent to an activating group) is 1. The largest absolute Gasteiger partial charge is 0.460 e. The molecular formula is C34H50N2O4. The number of hydrogen-bond donors (Lipinski definition) is 2. The first kappa shape index (κ1) is 33.1. The molecule has 2 aromatic carbocycles. The molecule has 0 aliphatic carbocycles. The maximum Gasteiger partial charge on any atom is 0.309 e. The number of amides is 2. The zero-order valence-electron chi connectivity index (χ0n) is 25.8. The van der Waals surface area contributed by atoms with Crippen molar-refractivity contribution in [2.45, 2.75) is 98.6 Å². The van der Waals surface area contributed by atoms with E-state index in [0.717, 1.165) is 29.5 Å². The fraction of sp³-hybridized carbons (Fsp3) is 0.559. The van der Waals surface area contributed by atoms with Gasteiger partial charge >= 0.3 is 5.97 Å². The van der Waals surface area contributed by atoms with Crippen LogP contribution in [0.15, 0.2) is 54.6 Å². The van der Waals surface area contributed by atoms with Crippen molar-refractivity contribution >= 4 is 17.8 Å². The van der Waals surface area contributed by atoms with E-state index in [1.165, 1.54) is 0 Å². The molecule has 2 N–H and O–H groups in total. The van der Waals surface area contributed by atoms with E-state index in [1.54, 1.807) is 7.05 Å². The van der Waals surface area contributed by atoms with E-state index >= 15 is 0 Å². The number of benzene rings is 2. The monoisotopic (exact) mass is 550 g/mol. The SMILES string of the molecule is CCCC[C@@H](C[C@@H](CCc1cccc(-c2ccccc2)c1)C(=O)N[C@H](C(=O)NC)C(C)(C)C)C(=O)OC(C)(C)C. The first-order chi connectivity index (χ1) is 18.7. The number of carbonyl (C=O) groups is 3. The second-order valence-electron chi connectivity index (χ2n) is 12.8. The Morgan fingerprint density at radius 2 is 1.48 bits per heavy atom. The van der Waals surface area contributed by atoms with Crippen LogP contribution in [-0.2, 0) is 25.5 Å². The average Bonchev–Trinajstić information content (AvgIpc) is 2.89. The van der Waals surface area contributed by atoms with Gasteiger partial charge in [0.15, 0.2) is 0 Å². The molecule has 2 rings (SSSR count). The van der Waals surface area contributed by atoms with Crippen LogP contribution in [0.25, 0.3) is 11.1 Å². The van der Waals surface area contributed by atoms with Gasteiger partial charge < -0.3 is 15.4 Å². The maximum absolute atomic E-state index is 13.8. The lowest BCUT2D eigenvalue weighted by Crippen LogP contribution is -2.54. The Labute approximate surface area is 241 Å². The van der Waals surface area contributed by atoms with Crippen LogP contribution >= 0.6 is 0 Å². The van der Waals surface area contributed by atoms with Gasteiger partial charge in [-0.2, -0.15) is 0 Å². The molecule has 0 bridgehead atoms. The normalized spacial score (nSPS) is 14.1. The Morgan fingerprint density at radius 3 is 2.05 bits per heavy atom. The lowest BCUT2D eigenvalue weighted by molar-refractivity contribution is -0.161. The Bertz CT molecular complexity index is 1100. The maximum atomic E-state index is 13.8. The summed E-state index contributed by atoms with van der Waals surface area (Å²) in [4.78, 5) is 39.7. The van der Waals surface area contributed by atoms with E-state index in [2.05, 4.69) is 47.9 Å². The first-order valence-corrected chi connectivity index (χ1v) is 14.6. The van der Waals surface area contributed by atoms with Gasteiger partial charge in [0.05, 0.1) is 5.92 Å². The van der Waals surface area contributed by atoms with Crippen molar-refractivity contribution < 1.29 is 19.1 Å². The Kier molecular flexibility index (Phi) is 12.4. The highest BCUT2D eigenvalue weighted by Crippen LogP contribution is 2.28. The van der Waals surface area contributed by atoms with Crippen molar-refractivity contribution in [3.63, 3.8) is 0 Å². The van der Waals surface area contributed by atoms with E-state index in [4.69, 9.17) is 4.74 Å². The van der Waals surface area contributed by atoms with Crippen LogP contribution in [0, 0.1) is 17.3 Å². The highest BCUT2D eigenvalue weighted by atomic mass is 16.6. The molecule has 0 aromatic heterocycles. The van der Waals surface area contributed by atoms with Crippen molar-refractivity contribution in [2.75, 3.05) is 7.05 Å². The number of carbonyl (C=O) groups excluding carboxylic acids is 3. The summed E-state index contributed by atoms with van der Waals surface area (Å²) in [6, 6.07) is 17.9. The van der Waals surface area contributed by atoms with Crippen LogP contribution in [0.4, 0.5) is 0 Å². The van der Waals surface area contributed by atoms with Gasteiger partial charge in [0.25, 0.3) is 0 Å². The number of nitrogens with one attached hydrogen (secondary N) is 2.